The molecule has 0 saturated heterocycles. The van der Waals surface area contributed by atoms with Gasteiger partial charge in [0.25, 0.3) is 0 Å². The summed E-state index contributed by atoms with van der Waals surface area (Å²) in [5.74, 6) is 0.251. The van der Waals surface area contributed by atoms with Crippen LogP contribution in [0.15, 0.2) is 0 Å². The topological polar surface area (TPSA) is 67.4 Å². The summed E-state index contributed by atoms with van der Waals surface area (Å²) in [4.78, 5) is 23.3. The number of ether oxygens (including phenoxy) is 1. The first-order chi connectivity index (χ1) is 8.29. The molecule has 1 saturated carbocycles. The smallest absolute Gasteiger partial charge is 0.426 e. The highest BCUT2D eigenvalue weighted by atomic mass is 16.6. The second-order valence-corrected chi connectivity index (χ2v) is 5.98. The first kappa shape index (κ1) is 14.8. The lowest BCUT2D eigenvalue weighted by Crippen LogP contribution is -2.48. The van der Waals surface area contributed by atoms with Crippen LogP contribution in [0.2, 0.25) is 0 Å². The monoisotopic (exact) mass is 256 g/mol. The fraction of sp³-hybridized carbons (Fsp3) is 0.846. The van der Waals surface area contributed by atoms with Gasteiger partial charge in [-0.25, -0.2) is 10.2 Å². The van der Waals surface area contributed by atoms with Crippen molar-refractivity contribution in [3.63, 3.8) is 0 Å². The third kappa shape index (κ3) is 4.94. The van der Waals surface area contributed by atoms with Gasteiger partial charge in [0, 0.05) is 5.92 Å². The van der Waals surface area contributed by atoms with E-state index in [4.69, 9.17) is 4.74 Å². The van der Waals surface area contributed by atoms with Crippen LogP contribution in [-0.2, 0) is 9.53 Å². The van der Waals surface area contributed by atoms with Crippen LogP contribution in [0, 0.1) is 11.8 Å². The minimum Gasteiger partial charge on any atom is -0.443 e. The summed E-state index contributed by atoms with van der Waals surface area (Å²) in [7, 11) is 0. The van der Waals surface area contributed by atoms with E-state index in [0.29, 0.717) is 5.92 Å². The zero-order valence-corrected chi connectivity index (χ0v) is 11.7. The number of rotatable bonds is 1. The zero-order chi connectivity index (χ0) is 13.8. The van der Waals surface area contributed by atoms with E-state index in [1.807, 2.05) is 0 Å². The van der Waals surface area contributed by atoms with E-state index in [0.717, 1.165) is 19.3 Å². The van der Waals surface area contributed by atoms with Crippen LogP contribution in [0.5, 0.6) is 0 Å². The molecule has 5 heteroatoms. The Bertz CT molecular complexity index is 310. The summed E-state index contributed by atoms with van der Waals surface area (Å²) in [6.45, 7) is 7.41. The van der Waals surface area contributed by atoms with Gasteiger partial charge >= 0.3 is 6.09 Å². The van der Waals surface area contributed by atoms with E-state index >= 15 is 0 Å². The van der Waals surface area contributed by atoms with Gasteiger partial charge in [0.2, 0.25) is 5.91 Å². The second-order valence-electron chi connectivity index (χ2n) is 5.98. The highest BCUT2D eigenvalue weighted by molar-refractivity contribution is 5.81. The Morgan fingerprint density at radius 2 is 1.72 bits per heavy atom. The Labute approximate surface area is 109 Å². The van der Waals surface area contributed by atoms with Crippen molar-refractivity contribution in [3.8, 4) is 0 Å². The molecule has 18 heavy (non-hydrogen) atoms. The summed E-state index contributed by atoms with van der Waals surface area (Å²) < 4.78 is 5.04. The molecule has 2 atom stereocenters. The van der Waals surface area contributed by atoms with Gasteiger partial charge in [-0.3, -0.25) is 10.2 Å². The molecule has 5 nitrogen and oxygen atoms in total. The van der Waals surface area contributed by atoms with Crippen LogP contribution in [-0.4, -0.2) is 17.6 Å². The predicted octanol–water partition coefficient (Wildman–Crippen LogP) is 2.37. The van der Waals surface area contributed by atoms with E-state index in [2.05, 4.69) is 17.8 Å². The van der Waals surface area contributed by atoms with Crippen molar-refractivity contribution in [2.75, 3.05) is 0 Å². The van der Waals surface area contributed by atoms with Gasteiger partial charge in [-0.15, -0.1) is 0 Å². The Balaban J connectivity index is 2.34. The van der Waals surface area contributed by atoms with Crippen molar-refractivity contribution in [2.24, 2.45) is 11.8 Å². The minimum absolute atomic E-state index is 0.00585. The molecule has 1 rings (SSSR count). The molecule has 0 aliphatic heterocycles. The molecule has 0 aromatic heterocycles. The number of amides is 2. The molecule has 1 fully saturated rings. The van der Waals surface area contributed by atoms with Crippen molar-refractivity contribution < 1.29 is 14.3 Å². The van der Waals surface area contributed by atoms with Gasteiger partial charge < -0.3 is 4.74 Å². The molecule has 2 amide bonds. The molecule has 1 aliphatic carbocycles. The number of nitrogens with one attached hydrogen (secondary N) is 2. The molecule has 0 heterocycles. The third-order valence-electron chi connectivity index (χ3n) is 3.13. The Kier molecular flexibility index (Phi) is 4.99. The fourth-order valence-corrected chi connectivity index (χ4v) is 2.21. The maximum atomic E-state index is 11.9. The number of hydrogen-bond donors (Lipinski definition) is 2. The normalized spacial score (nSPS) is 24.2. The average molecular weight is 256 g/mol. The first-order valence-corrected chi connectivity index (χ1v) is 6.58. The maximum Gasteiger partial charge on any atom is 0.426 e. The third-order valence-corrected chi connectivity index (χ3v) is 3.13. The van der Waals surface area contributed by atoms with Gasteiger partial charge in [-0.05, 0) is 39.5 Å². The molecular weight excluding hydrogens is 232 g/mol. The van der Waals surface area contributed by atoms with Crippen molar-refractivity contribution in [1.29, 1.82) is 0 Å². The standard InChI is InChI=1S/C13H24N2O3/c1-9-7-5-6-8-10(9)11(16)14-15-12(17)18-13(2,3)4/h9-10H,5-8H2,1-4H3,(H,14,16)(H,15,17). The van der Waals surface area contributed by atoms with E-state index in [1.54, 1.807) is 20.8 Å². The molecule has 2 N–H and O–H groups in total. The largest absolute Gasteiger partial charge is 0.443 e. The molecule has 0 radical (unpaired) electrons. The van der Waals surface area contributed by atoms with E-state index in [1.165, 1.54) is 6.42 Å². The van der Waals surface area contributed by atoms with Gasteiger partial charge in [-0.2, -0.15) is 0 Å². The summed E-state index contributed by atoms with van der Waals surface area (Å²) in [5, 5.41) is 0. The lowest BCUT2D eigenvalue weighted by molar-refractivity contribution is -0.128. The quantitative estimate of drug-likeness (QED) is 0.708. The second kappa shape index (κ2) is 6.07. The lowest BCUT2D eigenvalue weighted by Gasteiger charge is -2.27. The van der Waals surface area contributed by atoms with Crippen LogP contribution in [0.1, 0.15) is 53.4 Å². The molecule has 104 valence electrons. The maximum absolute atomic E-state index is 11.9. The molecule has 1 aliphatic rings. The predicted molar refractivity (Wildman–Crippen MR) is 68.6 cm³/mol. The van der Waals surface area contributed by atoms with E-state index in [-0.39, 0.29) is 11.8 Å². The molecule has 0 bridgehead atoms. The van der Waals surface area contributed by atoms with Crippen LogP contribution >= 0.6 is 0 Å². The zero-order valence-electron chi connectivity index (χ0n) is 11.7. The molecule has 0 aromatic carbocycles. The number of carbonyl (C=O) groups excluding carboxylic acids is 2. The van der Waals surface area contributed by atoms with Crippen LogP contribution in [0.4, 0.5) is 4.79 Å². The van der Waals surface area contributed by atoms with Gasteiger partial charge in [0.15, 0.2) is 0 Å². The number of hydrazine groups is 1. The van der Waals surface area contributed by atoms with Crippen molar-refractivity contribution in [3.05, 3.63) is 0 Å². The summed E-state index contributed by atoms with van der Waals surface area (Å²) in [6.07, 6.45) is 3.60. The SMILES string of the molecule is CC1CCCCC1C(=O)NNC(=O)OC(C)(C)C. The highest BCUT2D eigenvalue weighted by Crippen LogP contribution is 2.29. The van der Waals surface area contributed by atoms with Gasteiger partial charge in [0.1, 0.15) is 5.60 Å². The van der Waals surface area contributed by atoms with Crippen molar-refractivity contribution in [2.45, 2.75) is 59.0 Å². The molecular formula is C13H24N2O3. The van der Waals surface area contributed by atoms with Gasteiger partial charge in [-0.1, -0.05) is 19.8 Å². The van der Waals surface area contributed by atoms with Crippen LogP contribution < -0.4 is 10.9 Å². The van der Waals surface area contributed by atoms with Crippen molar-refractivity contribution >= 4 is 12.0 Å². The summed E-state index contributed by atoms with van der Waals surface area (Å²) >= 11 is 0. The minimum atomic E-state index is -0.626. The summed E-state index contributed by atoms with van der Waals surface area (Å²) in [5.41, 5.74) is 4.18. The molecule has 2 unspecified atom stereocenters. The van der Waals surface area contributed by atoms with E-state index < -0.39 is 11.7 Å². The fourth-order valence-electron chi connectivity index (χ4n) is 2.21. The first-order valence-electron chi connectivity index (χ1n) is 6.58. The number of carbonyl (C=O) groups is 2. The summed E-state index contributed by atoms with van der Waals surface area (Å²) in [6, 6.07) is 0. The van der Waals surface area contributed by atoms with Crippen LogP contribution in [0.3, 0.4) is 0 Å². The molecule has 0 spiro atoms. The Morgan fingerprint density at radius 3 is 2.28 bits per heavy atom. The van der Waals surface area contributed by atoms with Crippen molar-refractivity contribution in [1.82, 2.24) is 10.9 Å². The average Bonchev–Trinajstić information content (AvgIpc) is 2.24. The Hall–Kier alpha value is -1.26. The molecule has 0 aromatic rings. The van der Waals surface area contributed by atoms with Crippen LogP contribution in [0.25, 0.3) is 0 Å². The highest BCUT2D eigenvalue weighted by Gasteiger charge is 2.28. The van der Waals surface area contributed by atoms with E-state index in [9.17, 15) is 9.59 Å². The lowest BCUT2D eigenvalue weighted by atomic mass is 9.80. The van der Waals surface area contributed by atoms with Gasteiger partial charge in [0.05, 0.1) is 0 Å². The Morgan fingerprint density at radius 1 is 1.11 bits per heavy atom. The number of hydrogen-bond acceptors (Lipinski definition) is 3.